The van der Waals surface area contributed by atoms with Crippen LogP contribution >= 0.6 is 0 Å². The molecule has 0 aromatic heterocycles. The fourth-order valence-corrected chi connectivity index (χ4v) is 7.42. The number of ether oxygens (including phenoxy) is 1. The molecule has 2 unspecified atom stereocenters. The van der Waals surface area contributed by atoms with Gasteiger partial charge in [-0.25, -0.2) is 0 Å². The van der Waals surface area contributed by atoms with Crippen molar-refractivity contribution in [3.05, 3.63) is 195 Å². The molecule has 2 aliphatic heterocycles. The number of nitrogens with one attached hydrogen (secondary N) is 1. The van der Waals surface area contributed by atoms with Gasteiger partial charge in [0, 0.05) is 11.1 Å². The molecular formula is C41H30N3O-. The van der Waals surface area contributed by atoms with Crippen LogP contribution < -0.4 is 10.1 Å². The van der Waals surface area contributed by atoms with Gasteiger partial charge < -0.3 is 15.4 Å². The highest BCUT2D eigenvalue weighted by molar-refractivity contribution is 6.04. The smallest absolute Gasteiger partial charge is 0.143 e. The lowest BCUT2D eigenvalue weighted by atomic mass is 9.66. The number of amidine groups is 1. The molecule has 0 radical (unpaired) electrons. The monoisotopic (exact) mass is 580 g/mol. The van der Waals surface area contributed by atoms with E-state index in [1.165, 1.54) is 27.8 Å². The van der Waals surface area contributed by atoms with Gasteiger partial charge in [-0.1, -0.05) is 139 Å². The third-order valence-corrected chi connectivity index (χ3v) is 9.44. The predicted octanol–water partition coefficient (Wildman–Crippen LogP) is 9.58. The summed E-state index contributed by atoms with van der Waals surface area (Å²) in [6, 6.07) is 51.5. The van der Waals surface area contributed by atoms with Crippen LogP contribution in [0.4, 0.5) is 0 Å². The fraction of sp³-hybridized carbons (Fsp3) is 0.0976. The molecule has 0 saturated heterocycles. The van der Waals surface area contributed by atoms with Gasteiger partial charge in [-0.15, -0.1) is 0 Å². The molecule has 45 heavy (non-hydrogen) atoms. The number of nitrogens with zero attached hydrogens (tertiary/aromatic N) is 2. The van der Waals surface area contributed by atoms with Crippen molar-refractivity contribution in [1.82, 2.24) is 5.32 Å². The number of hydrogen-bond donors (Lipinski definition) is 1. The van der Waals surface area contributed by atoms with Crippen LogP contribution in [-0.4, -0.2) is 5.84 Å². The van der Waals surface area contributed by atoms with Crippen LogP contribution in [0.5, 0.6) is 11.5 Å². The number of rotatable bonds is 3. The van der Waals surface area contributed by atoms with Crippen molar-refractivity contribution in [3.8, 4) is 22.6 Å². The lowest BCUT2D eigenvalue weighted by molar-refractivity contribution is 0.434. The van der Waals surface area contributed by atoms with E-state index in [4.69, 9.17) is 15.0 Å². The van der Waals surface area contributed by atoms with Crippen LogP contribution in [0, 0.1) is 6.92 Å². The molecular weight excluding hydrogens is 550 g/mol. The topological polar surface area (TPSA) is 47.7 Å². The van der Waals surface area contributed by atoms with E-state index >= 15 is 0 Å². The van der Waals surface area contributed by atoms with Crippen molar-refractivity contribution in [1.29, 1.82) is 0 Å². The van der Waals surface area contributed by atoms with Gasteiger partial charge in [-0.05, 0) is 64.8 Å². The summed E-state index contributed by atoms with van der Waals surface area (Å²) in [6.07, 6.45) is -0.626. The third-order valence-electron chi connectivity index (χ3n) is 9.44. The molecule has 6 aromatic carbocycles. The van der Waals surface area contributed by atoms with Gasteiger partial charge in [-0.2, -0.15) is 0 Å². The number of hydrogen-bond acceptors (Lipinski definition) is 3. The summed E-state index contributed by atoms with van der Waals surface area (Å²) in [6.45, 7) is 2.11. The first-order chi connectivity index (χ1) is 22.2. The molecule has 1 N–H and O–H groups in total. The number of aliphatic imine (C=N–C) groups is 1. The van der Waals surface area contributed by atoms with E-state index in [9.17, 15) is 0 Å². The molecule has 0 amide bonds. The van der Waals surface area contributed by atoms with E-state index in [0.717, 1.165) is 45.2 Å². The van der Waals surface area contributed by atoms with Gasteiger partial charge in [0.05, 0.1) is 11.0 Å². The molecule has 1 spiro atoms. The van der Waals surface area contributed by atoms with Gasteiger partial charge >= 0.3 is 0 Å². The zero-order chi connectivity index (χ0) is 30.0. The second kappa shape index (κ2) is 10.0. The Labute approximate surface area is 263 Å². The van der Waals surface area contributed by atoms with Crippen molar-refractivity contribution < 1.29 is 4.74 Å². The van der Waals surface area contributed by atoms with Crippen molar-refractivity contribution in [2.45, 2.75) is 24.7 Å². The second-order valence-corrected chi connectivity index (χ2v) is 12.0. The maximum absolute atomic E-state index is 6.92. The van der Waals surface area contributed by atoms with E-state index in [2.05, 4.69) is 140 Å². The van der Waals surface area contributed by atoms with E-state index in [-0.39, 0.29) is 12.3 Å². The highest BCUT2D eigenvalue weighted by Gasteiger charge is 2.51. The van der Waals surface area contributed by atoms with Gasteiger partial charge in [0.1, 0.15) is 17.3 Å². The van der Waals surface area contributed by atoms with Crippen LogP contribution in [0.3, 0.4) is 0 Å². The molecule has 4 nitrogen and oxygen atoms in total. The number of fused-ring (bicyclic) bond motifs is 9. The molecule has 216 valence electrons. The zero-order valence-electron chi connectivity index (χ0n) is 24.8. The summed E-state index contributed by atoms with van der Waals surface area (Å²) in [5.41, 5.74) is 11.1. The van der Waals surface area contributed by atoms with Crippen molar-refractivity contribution >= 4 is 5.84 Å². The van der Waals surface area contributed by atoms with Gasteiger partial charge in [0.15, 0.2) is 0 Å². The fourth-order valence-electron chi connectivity index (χ4n) is 7.42. The van der Waals surface area contributed by atoms with Crippen LogP contribution in [0.2, 0.25) is 0 Å². The number of benzene rings is 6. The molecule has 2 heterocycles. The molecule has 0 fully saturated rings. The lowest BCUT2D eigenvalue weighted by Crippen LogP contribution is -2.36. The summed E-state index contributed by atoms with van der Waals surface area (Å²) >= 11 is 0. The van der Waals surface area contributed by atoms with Crippen LogP contribution in [0.25, 0.3) is 16.4 Å². The standard InChI is InChI=1S/C41H30N3O/c1-26-22-24-28(25-23-26)39-42-38(27-12-3-2-4-13-27)43-40(44-39)31-16-11-20-35-37(31)45-36-21-10-9-19-34(36)41(35)32-17-7-5-14-29(32)30-15-6-8-18-33(30)41/h2-25,38-39H,1H3,(H,43,44)/q-1. The first-order valence-electron chi connectivity index (χ1n) is 15.5. The van der Waals surface area contributed by atoms with E-state index in [1.807, 2.05) is 18.2 Å². The summed E-state index contributed by atoms with van der Waals surface area (Å²) in [4.78, 5) is 5.24. The Morgan fingerprint density at radius 1 is 0.578 bits per heavy atom. The molecule has 9 rings (SSSR count). The van der Waals surface area contributed by atoms with E-state index in [1.54, 1.807) is 0 Å². The summed E-state index contributed by atoms with van der Waals surface area (Å²) in [7, 11) is 0. The molecule has 1 aliphatic carbocycles. The minimum Gasteiger partial charge on any atom is -0.613 e. The Kier molecular flexibility index (Phi) is 5.80. The third kappa shape index (κ3) is 3.86. The number of aryl methyl sites for hydroxylation is 1. The van der Waals surface area contributed by atoms with Gasteiger partial charge in [0.2, 0.25) is 0 Å². The van der Waals surface area contributed by atoms with Crippen molar-refractivity contribution in [2.24, 2.45) is 4.99 Å². The minimum absolute atomic E-state index is 0.267. The molecule has 3 aliphatic rings. The Morgan fingerprint density at radius 3 is 1.91 bits per heavy atom. The van der Waals surface area contributed by atoms with Crippen LogP contribution in [0.15, 0.2) is 151 Å². The van der Waals surface area contributed by atoms with Gasteiger partial charge in [0.25, 0.3) is 0 Å². The lowest BCUT2D eigenvalue weighted by Gasteiger charge is -2.45. The summed E-state index contributed by atoms with van der Waals surface area (Å²) < 4.78 is 6.92. The summed E-state index contributed by atoms with van der Waals surface area (Å²) in [5.74, 6) is 2.46. The van der Waals surface area contributed by atoms with Crippen molar-refractivity contribution in [3.63, 3.8) is 0 Å². The van der Waals surface area contributed by atoms with Crippen molar-refractivity contribution in [2.75, 3.05) is 0 Å². The Morgan fingerprint density at radius 2 is 1.18 bits per heavy atom. The van der Waals surface area contributed by atoms with E-state index < -0.39 is 5.41 Å². The van der Waals surface area contributed by atoms with Crippen LogP contribution in [0.1, 0.15) is 56.8 Å². The molecule has 2 atom stereocenters. The average molecular weight is 581 g/mol. The average Bonchev–Trinajstić information content (AvgIpc) is 3.39. The van der Waals surface area contributed by atoms with Crippen LogP contribution in [-0.2, 0) is 5.41 Å². The predicted molar refractivity (Wildman–Crippen MR) is 180 cm³/mol. The maximum atomic E-state index is 6.92. The zero-order valence-corrected chi connectivity index (χ0v) is 24.8. The quantitative estimate of drug-likeness (QED) is 0.226. The maximum Gasteiger partial charge on any atom is 0.143 e. The Balaban J connectivity index is 1.28. The molecule has 0 saturated carbocycles. The molecule has 4 heteroatoms. The Bertz CT molecular complexity index is 2070. The number of para-hydroxylation sites is 2. The first kappa shape index (κ1) is 26.0. The summed E-state index contributed by atoms with van der Waals surface area (Å²) in [5, 5.41) is 8.87. The van der Waals surface area contributed by atoms with Gasteiger partial charge in [-0.3, -0.25) is 4.99 Å². The highest BCUT2D eigenvalue weighted by atomic mass is 16.5. The first-order valence-corrected chi connectivity index (χ1v) is 15.5. The Hall–Kier alpha value is -5.45. The SMILES string of the molecule is Cc1ccc(C2[N-]C(c3ccccc3)N=C(c3cccc4c3Oc3ccccc3C43c4ccccc4-c4ccccc43)N2)cc1. The molecule has 6 aromatic rings. The molecule has 0 bridgehead atoms. The second-order valence-electron chi connectivity index (χ2n) is 12.0. The highest BCUT2D eigenvalue weighted by Crippen LogP contribution is 2.62. The minimum atomic E-state index is -0.526. The van der Waals surface area contributed by atoms with E-state index in [0.29, 0.717) is 0 Å². The normalized spacial score (nSPS) is 18.5. The largest absolute Gasteiger partial charge is 0.613 e.